The summed E-state index contributed by atoms with van der Waals surface area (Å²) in [6, 6.07) is -0.431. The minimum atomic E-state index is -4.53. The fraction of sp³-hybridized carbons (Fsp3) is 0.667. The molecule has 0 bridgehead atoms. The van der Waals surface area contributed by atoms with Crippen molar-refractivity contribution in [3.05, 3.63) is 24.8 Å². The van der Waals surface area contributed by atoms with Crippen LogP contribution in [-0.4, -0.2) is 49.0 Å². The first kappa shape index (κ1) is 23.2. The summed E-state index contributed by atoms with van der Waals surface area (Å²) < 4.78 is 40.4. The number of carbonyl (C=O) groups is 1. The first-order chi connectivity index (χ1) is 11.6. The number of rotatable bonds is 11. The Kier molecular flexibility index (Phi) is 10.2. The highest BCUT2D eigenvalue weighted by atomic mass is 19.4. The molecule has 0 heterocycles. The van der Waals surface area contributed by atoms with Crippen molar-refractivity contribution in [1.29, 1.82) is 0 Å². The molecule has 1 amide bonds. The van der Waals surface area contributed by atoms with Crippen LogP contribution in [0.15, 0.2) is 29.8 Å². The molecule has 1 unspecified atom stereocenters. The third kappa shape index (κ3) is 9.31. The molecular formula is C18H30F3N3O. The SMILES string of the molecule is C=CCN=C(N(CCC(C)(C)CCNC=O)C(C)/C=C\C)C(F)(F)F. The first-order valence-electron chi connectivity index (χ1n) is 8.38. The van der Waals surface area contributed by atoms with E-state index in [2.05, 4.69) is 16.9 Å². The van der Waals surface area contributed by atoms with E-state index in [9.17, 15) is 18.0 Å². The Morgan fingerprint density at radius 3 is 2.44 bits per heavy atom. The van der Waals surface area contributed by atoms with Crippen LogP contribution in [0.2, 0.25) is 0 Å². The van der Waals surface area contributed by atoms with Crippen molar-refractivity contribution >= 4 is 12.2 Å². The number of nitrogens with one attached hydrogen (secondary N) is 1. The number of hydrogen-bond donors (Lipinski definition) is 1. The smallest absolute Gasteiger partial charge is 0.359 e. The van der Waals surface area contributed by atoms with Crippen LogP contribution in [-0.2, 0) is 4.79 Å². The normalized spacial score (nSPS) is 14.4. The van der Waals surface area contributed by atoms with Crippen LogP contribution in [0.5, 0.6) is 0 Å². The summed E-state index contributed by atoms with van der Waals surface area (Å²) in [4.78, 5) is 15.3. The zero-order chi connectivity index (χ0) is 19.5. The molecule has 0 spiro atoms. The monoisotopic (exact) mass is 361 g/mol. The van der Waals surface area contributed by atoms with E-state index in [-0.39, 0.29) is 18.5 Å². The van der Waals surface area contributed by atoms with Gasteiger partial charge in [0.15, 0.2) is 0 Å². The molecule has 0 aliphatic rings. The lowest BCUT2D eigenvalue weighted by atomic mass is 9.85. The largest absolute Gasteiger partial charge is 0.449 e. The summed E-state index contributed by atoms with van der Waals surface area (Å²) in [5, 5.41) is 2.59. The van der Waals surface area contributed by atoms with Gasteiger partial charge in [0.05, 0.1) is 6.54 Å². The van der Waals surface area contributed by atoms with E-state index >= 15 is 0 Å². The highest BCUT2D eigenvalue weighted by molar-refractivity contribution is 5.88. The highest BCUT2D eigenvalue weighted by Crippen LogP contribution is 2.28. The van der Waals surface area contributed by atoms with Crippen molar-refractivity contribution in [1.82, 2.24) is 10.2 Å². The van der Waals surface area contributed by atoms with Gasteiger partial charge in [-0.2, -0.15) is 13.2 Å². The van der Waals surface area contributed by atoms with Gasteiger partial charge in [-0.1, -0.05) is 32.1 Å². The Balaban J connectivity index is 5.34. The van der Waals surface area contributed by atoms with E-state index in [1.165, 1.54) is 11.0 Å². The number of allylic oxidation sites excluding steroid dienone is 1. The number of alkyl halides is 3. The van der Waals surface area contributed by atoms with Gasteiger partial charge in [0, 0.05) is 19.1 Å². The maximum Gasteiger partial charge on any atom is 0.449 e. The number of nitrogens with zero attached hydrogens (tertiary/aromatic N) is 2. The first-order valence-corrected chi connectivity index (χ1v) is 8.38. The van der Waals surface area contributed by atoms with E-state index in [4.69, 9.17) is 0 Å². The van der Waals surface area contributed by atoms with E-state index in [0.717, 1.165) is 0 Å². The van der Waals surface area contributed by atoms with Crippen LogP contribution in [0, 0.1) is 5.41 Å². The molecule has 25 heavy (non-hydrogen) atoms. The predicted molar refractivity (Wildman–Crippen MR) is 96.6 cm³/mol. The van der Waals surface area contributed by atoms with Crippen molar-refractivity contribution in [2.75, 3.05) is 19.6 Å². The predicted octanol–water partition coefficient (Wildman–Crippen LogP) is 3.95. The third-order valence-corrected chi connectivity index (χ3v) is 3.92. The molecule has 0 aromatic carbocycles. The zero-order valence-electron chi connectivity index (χ0n) is 15.6. The fourth-order valence-electron chi connectivity index (χ4n) is 2.40. The van der Waals surface area contributed by atoms with Gasteiger partial charge in [-0.3, -0.25) is 9.79 Å². The van der Waals surface area contributed by atoms with Crippen LogP contribution in [0.3, 0.4) is 0 Å². The van der Waals surface area contributed by atoms with E-state index in [1.54, 1.807) is 26.0 Å². The Labute approximate surface area is 148 Å². The molecule has 0 aromatic heterocycles. The van der Waals surface area contributed by atoms with Gasteiger partial charge in [0.2, 0.25) is 12.2 Å². The zero-order valence-corrected chi connectivity index (χ0v) is 15.6. The molecule has 0 radical (unpaired) electrons. The second kappa shape index (κ2) is 10.9. The Morgan fingerprint density at radius 1 is 1.32 bits per heavy atom. The van der Waals surface area contributed by atoms with Crippen molar-refractivity contribution in [2.45, 2.75) is 52.8 Å². The molecule has 0 aromatic rings. The second-order valence-corrected chi connectivity index (χ2v) is 6.65. The molecule has 0 rings (SSSR count). The number of amides is 1. The van der Waals surface area contributed by atoms with Crippen molar-refractivity contribution in [2.24, 2.45) is 10.4 Å². The fourth-order valence-corrected chi connectivity index (χ4v) is 2.40. The molecule has 144 valence electrons. The number of halogens is 3. The standard InChI is InChI=1S/C18H30F3N3O/c1-6-8-15(3)24(16(18(19,20)21)23-11-7-2)13-10-17(4,5)9-12-22-14-25/h6-8,14-15H,2,9-13H2,1,3-5H3,(H,22,25)/b8-6-,23-16?. The quantitative estimate of drug-likeness (QED) is 0.199. The number of aliphatic imine (C=N–C) groups is 1. The summed E-state index contributed by atoms with van der Waals surface area (Å²) in [5.74, 6) is -0.875. The summed E-state index contributed by atoms with van der Waals surface area (Å²) in [6.45, 7) is 11.5. The lowest BCUT2D eigenvalue weighted by Gasteiger charge is -2.35. The van der Waals surface area contributed by atoms with E-state index < -0.39 is 18.1 Å². The van der Waals surface area contributed by atoms with Crippen molar-refractivity contribution < 1.29 is 18.0 Å². The Hall–Kier alpha value is -1.79. The number of amidine groups is 1. The summed E-state index contributed by atoms with van der Waals surface area (Å²) >= 11 is 0. The Morgan fingerprint density at radius 2 is 1.96 bits per heavy atom. The molecule has 4 nitrogen and oxygen atoms in total. The molecule has 0 saturated heterocycles. The maximum absolute atomic E-state index is 13.5. The lowest BCUT2D eigenvalue weighted by Crippen LogP contribution is -2.47. The van der Waals surface area contributed by atoms with Crippen LogP contribution < -0.4 is 5.32 Å². The van der Waals surface area contributed by atoms with Gasteiger partial charge in [-0.15, -0.1) is 6.58 Å². The molecule has 0 saturated carbocycles. The molecule has 0 fully saturated rings. The average molecular weight is 361 g/mol. The van der Waals surface area contributed by atoms with Gasteiger partial charge < -0.3 is 10.2 Å². The number of carbonyl (C=O) groups excluding carboxylic acids is 1. The van der Waals surface area contributed by atoms with E-state index in [1.807, 2.05) is 13.8 Å². The molecule has 1 N–H and O–H groups in total. The van der Waals surface area contributed by atoms with Gasteiger partial charge in [-0.25, -0.2) is 0 Å². The highest BCUT2D eigenvalue weighted by Gasteiger charge is 2.41. The number of hydrogen-bond acceptors (Lipinski definition) is 2. The molecular weight excluding hydrogens is 331 g/mol. The summed E-state index contributed by atoms with van der Waals surface area (Å²) in [5.41, 5.74) is -0.209. The molecule has 7 heteroatoms. The van der Waals surface area contributed by atoms with Crippen LogP contribution in [0.25, 0.3) is 0 Å². The third-order valence-electron chi connectivity index (χ3n) is 3.92. The van der Waals surface area contributed by atoms with Gasteiger partial charge in [0.25, 0.3) is 0 Å². The van der Waals surface area contributed by atoms with E-state index in [0.29, 0.717) is 25.8 Å². The van der Waals surface area contributed by atoms with Crippen LogP contribution >= 0.6 is 0 Å². The summed E-state index contributed by atoms with van der Waals surface area (Å²) in [6.07, 6.45) is 2.12. The van der Waals surface area contributed by atoms with Gasteiger partial charge in [-0.05, 0) is 32.1 Å². The van der Waals surface area contributed by atoms with Crippen LogP contribution in [0.4, 0.5) is 13.2 Å². The molecule has 0 aliphatic heterocycles. The Bertz CT molecular complexity index is 471. The summed E-state index contributed by atoms with van der Waals surface area (Å²) in [7, 11) is 0. The topological polar surface area (TPSA) is 44.7 Å². The maximum atomic E-state index is 13.5. The van der Waals surface area contributed by atoms with Gasteiger partial charge >= 0.3 is 6.18 Å². The minimum absolute atomic E-state index is 0.0828. The average Bonchev–Trinajstić information content (AvgIpc) is 2.49. The van der Waals surface area contributed by atoms with Crippen LogP contribution in [0.1, 0.15) is 40.5 Å². The minimum Gasteiger partial charge on any atom is -0.359 e. The van der Waals surface area contributed by atoms with Crippen molar-refractivity contribution in [3.8, 4) is 0 Å². The second-order valence-electron chi connectivity index (χ2n) is 6.65. The van der Waals surface area contributed by atoms with Crippen molar-refractivity contribution in [3.63, 3.8) is 0 Å². The lowest BCUT2D eigenvalue weighted by molar-refractivity contribution is -0.109. The molecule has 0 aliphatic carbocycles. The van der Waals surface area contributed by atoms with Gasteiger partial charge in [0.1, 0.15) is 0 Å². The molecule has 1 atom stereocenters.